The lowest BCUT2D eigenvalue weighted by atomic mass is 9.81. The molecule has 16 heavy (non-hydrogen) atoms. The van der Waals surface area contributed by atoms with Gasteiger partial charge in [-0.05, 0) is 18.9 Å². The molecule has 0 bridgehead atoms. The van der Waals surface area contributed by atoms with Crippen LogP contribution < -0.4 is 0 Å². The van der Waals surface area contributed by atoms with Crippen molar-refractivity contribution in [2.24, 2.45) is 0 Å². The van der Waals surface area contributed by atoms with Crippen LogP contribution in [0.4, 0.5) is 0 Å². The minimum absolute atomic E-state index is 0.175. The molecule has 0 aromatic heterocycles. The van der Waals surface area contributed by atoms with E-state index in [9.17, 15) is 0 Å². The van der Waals surface area contributed by atoms with Gasteiger partial charge in [0.15, 0.2) is 0 Å². The molecule has 0 unspecified atom stereocenters. The molecule has 0 heterocycles. The minimum Gasteiger partial charge on any atom is -0.385 e. The van der Waals surface area contributed by atoms with Crippen LogP contribution in [-0.4, -0.2) is 25.5 Å². The first-order valence-corrected chi connectivity index (χ1v) is 6.43. The summed E-state index contributed by atoms with van der Waals surface area (Å²) in [6.45, 7) is 2.75. The fraction of sp³-hybridized carbons (Fsp3) is 0.538. The SMILES string of the molecule is COCCC(CCl)(CCl)c1cccc(C)c1. The van der Waals surface area contributed by atoms with Crippen molar-refractivity contribution in [2.75, 3.05) is 25.5 Å². The highest BCUT2D eigenvalue weighted by atomic mass is 35.5. The zero-order valence-electron chi connectivity index (χ0n) is 9.80. The predicted molar refractivity (Wildman–Crippen MR) is 70.8 cm³/mol. The molecule has 0 aliphatic carbocycles. The number of rotatable bonds is 6. The van der Waals surface area contributed by atoms with Crippen LogP contribution in [0.25, 0.3) is 0 Å². The number of methoxy groups -OCH3 is 1. The van der Waals surface area contributed by atoms with Gasteiger partial charge in [0.1, 0.15) is 0 Å². The van der Waals surface area contributed by atoms with Crippen LogP contribution in [0.15, 0.2) is 24.3 Å². The molecule has 0 saturated heterocycles. The molecule has 1 rings (SSSR count). The monoisotopic (exact) mass is 260 g/mol. The number of halogens is 2. The third-order valence-electron chi connectivity index (χ3n) is 2.93. The smallest absolute Gasteiger partial charge is 0.0471 e. The van der Waals surface area contributed by atoms with Crippen molar-refractivity contribution in [1.29, 1.82) is 0 Å². The van der Waals surface area contributed by atoms with Gasteiger partial charge in [-0.2, -0.15) is 0 Å². The Morgan fingerprint density at radius 1 is 1.25 bits per heavy atom. The lowest BCUT2D eigenvalue weighted by molar-refractivity contribution is 0.176. The number of alkyl halides is 2. The van der Waals surface area contributed by atoms with Gasteiger partial charge in [-0.1, -0.05) is 29.8 Å². The van der Waals surface area contributed by atoms with E-state index < -0.39 is 0 Å². The summed E-state index contributed by atoms with van der Waals surface area (Å²) in [5, 5.41) is 0. The highest BCUT2D eigenvalue weighted by Gasteiger charge is 2.30. The Bertz CT molecular complexity index is 321. The minimum atomic E-state index is -0.175. The maximum absolute atomic E-state index is 6.11. The zero-order valence-corrected chi connectivity index (χ0v) is 11.3. The van der Waals surface area contributed by atoms with E-state index in [1.807, 2.05) is 6.07 Å². The summed E-state index contributed by atoms with van der Waals surface area (Å²) in [6.07, 6.45) is 0.847. The summed E-state index contributed by atoms with van der Waals surface area (Å²) in [7, 11) is 1.70. The molecule has 3 heteroatoms. The van der Waals surface area contributed by atoms with Crippen LogP contribution in [0.5, 0.6) is 0 Å². The molecule has 0 aliphatic rings. The maximum Gasteiger partial charge on any atom is 0.0471 e. The predicted octanol–water partition coefficient (Wildman–Crippen LogP) is 3.75. The summed E-state index contributed by atoms with van der Waals surface area (Å²) >= 11 is 12.2. The Hall–Kier alpha value is -0.240. The zero-order chi connectivity index (χ0) is 12.0. The number of hydrogen-bond acceptors (Lipinski definition) is 1. The second kappa shape index (κ2) is 6.48. The number of hydrogen-bond donors (Lipinski definition) is 0. The average Bonchev–Trinajstić information content (AvgIpc) is 2.31. The molecule has 0 saturated carbocycles. The summed E-state index contributed by atoms with van der Waals surface area (Å²) < 4.78 is 5.14. The van der Waals surface area contributed by atoms with Gasteiger partial charge in [0, 0.05) is 30.9 Å². The molecule has 0 spiro atoms. The molecular formula is C13H18Cl2O. The fourth-order valence-electron chi connectivity index (χ4n) is 1.74. The Labute approximate surface area is 108 Å². The first-order valence-electron chi connectivity index (χ1n) is 5.36. The third kappa shape index (κ3) is 3.13. The summed E-state index contributed by atoms with van der Waals surface area (Å²) in [5.41, 5.74) is 2.26. The van der Waals surface area contributed by atoms with E-state index in [0.29, 0.717) is 18.4 Å². The van der Waals surface area contributed by atoms with Gasteiger partial charge in [-0.15, -0.1) is 23.2 Å². The Morgan fingerprint density at radius 3 is 2.44 bits per heavy atom. The topological polar surface area (TPSA) is 9.23 Å². The van der Waals surface area contributed by atoms with Crippen molar-refractivity contribution in [3.05, 3.63) is 35.4 Å². The van der Waals surface area contributed by atoms with Gasteiger partial charge < -0.3 is 4.74 Å². The van der Waals surface area contributed by atoms with Crippen LogP contribution in [0, 0.1) is 6.92 Å². The van der Waals surface area contributed by atoms with Crippen LogP contribution >= 0.6 is 23.2 Å². The number of ether oxygens (including phenoxy) is 1. The van der Waals surface area contributed by atoms with Crippen molar-refractivity contribution in [1.82, 2.24) is 0 Å². The Balaban J connectivity index is 2.99. The molecular weight excluding hydrogens is 243 g/mol. The highest BCUT2D eigenvalue weighted by Crippen LogP contribution is 2.31. The Morgan fingerprint density at radius 2 is 1.94 bits per heavy atom. The summed E-state index contributed by atoms with van der Waals surface area (Å²) in [6, 6.07) is 8.37. The first kappa shape index (κ1) is 13.8. The fourth-order valence-corrected chi connectivity index (χ4v) is 2.60. The molecule has 0 amide bonds. The third-order valence-corrected chi connectivity index (χ3v) is 3.95. The van der Waals surface area contributed by atoms with Crippen molar-refractivity contribution in [2.45, 2.75) is 18.8 Å². The largest absolute Gasteiger partial charge is 0.385 e. The van der Waals surface area contributed by atoms with Crippen LogP contribution in [0.3, 0.4) is 0 Å². The standard InChI is InChI=1S/C13H18Cl2O/c1-11-4-3-5-12(8-11)13(9-14,10-15)6-7-16-2/h3-5,8H,6-7,9-10H2,1-2H3. The van der Waals surface area contributed by atoms with E-state index in [0.717, 1.165) is 6.42 Å². The van der Waals surface area contributed by atoms with E-state index in [-0.39, 0.29) is 5.41 Å². The van der Waals surface area contributed by atoms with Crippen LogP contribution in [0.2, 0.25) is 0 Å². The molecule has 1 nitrogen and oxygen atoms in total. The van der Waals surface area contributed by atoms with E-state index in [1.54, 1.807) is 7.11 Å². The van der Waals surface area contributed by atoms with Gasteiger partial charge in [-0.3, -0.25) is 0 Å². The number of benzene rings is 1. The van der Waals surface area contributed by atoms with Crippen molar-refractivity contribution >= 4 is 23.2 Å². The molecule has 0 N–H and O–H groups in total. The van der Waals surface area contributed by atoms with E-state index in [1.165, 1.54) is 11.1 Å². The second-order valence-electron chi connectivity index (χ2n) is 4.16. The first-order chi connectivity index (χ1) is 7.68. The van der Waals surface area contributed by atoms with Gasteiger partial charge in [-0.25, -0.2) is 0 Å². The summed E-state index contributed by atoms with van der Waals surface area (Å²) in [5.74, 6) is 1.03. The molecule has 0 aliphatic heterocycles. The molecule has 90 valence electrons. The van der Waals surface area contributed by atoms with Gasteiger partial charge >= 0.3 is 0 Å². The van der Waals surface area contributed by atoms with Crippen molar-refractivity contribution in [3.63, 3.8) is 0 Å². The quantitative estimate of drug-likeness (QED) is 0.709. The van der Waals surface area contributed by atoms with E-state index >= 15 is 0 Å². The number of aryl methyl sites for hydroxylation is 1. The van der Waals surface area contributed by atoms with E-state index in [2.05, 4.69) is 25.1 Å². The van der Waals surface area contributed by atoms with Crippen molar-refractivity contribution in [3.8, 4) is 0 Å². The second-order valence-corrected chi connectivity index (χ2v) is 4.69. The van der Waals surface area contributed by atoms with Crippen molar-refractivity contribution < 1.29 is 4.74 Å². The Kier molecular flexibility index (Phi) is 5.60. The van der Waals surface area contributed by atoms with Gasteiger partial charge in [0.05, 0.1) is 0 Å². The maximum atomic E-state index is 6.11. The molecule has 0 fully saturated rings. The lowest BCUT2D eigenvalue weighted by Crippen LogP contribution is -2.32. The lowest BCUT2D eigenvalue weighted by Gasteiger charge is -2.30. The van der Waals surface area contributed by atoms with Crippen LogP contribution in [-0.2, 0) is 10.2 Å². The summed E-state index contributed by atoms with van der Waals surface area (Å²) in [4.78, 5) is 0. The molecule has 0 radical (unpaired) electrons. The highest BCUT2D eigenvalue weighted by molar-refractivity contribution is 6.22. The normalized spacial score (nSPS) is 11.8. The molecule has 0 atom stereocenters. The van der Waals surface area contributed by atoms with E-state index in [4.69, 9.17) is 27.9 Å². The molecule has 1 aromatic carbocycles. The molecule has 1 aromatic rings. The van der Waals surface area contributed by atoms with Gasteiger partial charge in [0.25, 0.3) is 0 Å². The average molecular weight is 261 g/mol. The van der Waals surface area contributed by atoms with Gasteiger partial charge in [0.2, 0.25) is 0 Å². The van der Waals surface area contributed by atoms with Crippen LogP contribution in [0.1, 0.15) is 17.5 Å².